The number of hydrogen-bond acceptors (Lipinski definition) is 9. The average Bonchev–Trinajstić information content (AvgIpc) is 2.38. The zero-order valence-electron chi connectivity index (χ0n) is 10.3. The number of rotatable bonds is 5. The molecule has 0 bridgehead atoms. The van der Waals surface area contributed by atoms with E-state index in [2.05, 4.69) is 4.74 Å². The van der Waals surface area contributed by atoms with Crippen LogP contribution >= 0.6 is 0 Å². The van der Waals surface area contributed by atoms with Gasteiger partial charge in [0.1, 0.15) is 30.5 Å². The lowest BCUT2D eigenvalue weighted by Gasteiger charge is -2.39. The van der Waals surface area contributed by atoms with Crippen LogP contribution in [0.1, 0.15) is 6.42 Å². The van der Waals surface area contributed by atoms with Crippen molar-refractivity contribution in [3.05, 3.63) is 0 Å². The molecule has 0 amide bonds. The Morgan fingerprint density at radius 3 is 2.30 bits per heavy atom. The summed E-state index contributed by atoms with van der Waals surface area (Å²) in [6, 6.07) is -1.47. The van der Waals surface area contributed by atoms with Gasteiger partial charge in [-0.15, -0.1) is 0 Å². The highest BCUT2D eigenvalue weighted by Gasteiger charge is 2.45. The Kier molecular flexibility index (Phi) is 5.80. The summed E-state index contributed by atoms with van der Waals surface area (Å²) in [6.07, 6.45) is -8.63. The Hall–Kier alpha value is -1.30. The fourth-order valence-corrected chi connectivity index (χ4v) is 1.64. The fourth-order valence-electron chi connectivity index (χ4n) is 1.64. The molecular formula is C10H17NO9. The van der Waals surface area contributed by atoms with Gasteiger partial charge in [0.2, 0.25) is 6.29 Å². The van der Waals surface area contributed by atoms with E-state index in [1.54, 1.807) is 0 Å². The second-order valence-electron chi connectivity index (χ2n) is 4.34. The third kappa shape index (κ3) is 3.85. The molecule has 20 heavy (non-hydrogen) atoms. The first-order chi connectivity index (χ1) is 9.27. The zero-order valence-corrected chi connectivity index (χ0v) is 10.3. The topological polar surface area (TPSA) is 180 Å². The molecule has 1 heterocycles. The smallest absolute Gasteiger partial charge is 0.325 e. The summed E-state index contributed by atoms with van der Waals surface area (Å²) in [5.41, 5.74) is 5.26. The van der Waals surface area contributed by atoms with Crippen LogP contribution in [0.15, 0.2) is 0 Å². The number of nitrogens with two attached hydrogens (primary N) is 1. The second-order valence-corrected chi connectivity index (χ2v) is 4.34. The first kappa shape index (κ1) is 16.8. The Labute approximate surface area is 113 Å². The summed E-state index contributed by atoms with van der Waals surface area (Å²) in [7, 11) is 0. The van der Waals surface area contributed by atoms with Gasteiger partial charge in [-0.05, 0) is 0 Å². The van der Waals surface area contributed by atoms with Crippen molar-refractivity contribution >= 4 is 11.9 Å². The maximum atomic E-state index is 11.5. The molecule has 0 saturated carbocycles. The SMILES string of the molecule is N[C@@H](CC(=O)O)C(=O)OC1O[C@H](CO)[C@@H](O)[C@H](O)[C@@H]1O. The molecule has 1 rings (SSSR count). The van der Waals surface area contributed by atoms with Crippen molar-refractivity contribution in [2.45, 2.75) is 43.2 Å². The molecule has 1 aliphatic heterocycles. The van der Waals surface area contributed by atoms with Gasteiger partial charge >= 0.3 is 11.9 Å². The van der Waals surface area contributed by atoms with Crippen LogP contribution < -0.4 is 5.73 Å². The van der Waals surface area contributed by atoms with Crippen LogP contribution in [-0.4, -0.2) is 80.8 Å². The van der Waals surface area contributed by atoms with Gasteiger partial charge in [-0.2, -0.15) is 0 Å². The molecule has 0 aromatic rings. The molecule has 1 aliphatic rings. The van der Waals surface area contributed by atoms with E-state index in [0.29, 0.717) is 0 Å². The minimum absolute atomic E-state index is 0.680. The highest BCUT2D eigenvalue weighted by Crippen LogP contribution is 2.22. The third-order valence-electron chi connectivity index (χ3n) is 2.78. The van der Waals surface area contributed by atoms with Crippen LogP contribution in [0.25, 0.3) is 0 Å². The number of aliphatic hydroxyl groups excluding tert-OH is 4. The predicted molar refractivity (Wildman–Crippen MR) is 60.1 cm³/mol. The predicted octanol–water partition coefficient (Wildman–Crippen LogP) is -3.87. The molecule has 7 N–H and O–H groups in total. The molecule has 1 fully saturated rings. The largest absolute Gasteiger partial charge is 0.481 e. The van der Waals surface area contributed by atoms with Gasteiger partial charge in [0.25, 0.3) is 0 Å². The van der Waals surface area contributed by atoms with Crippen LogP contribution in [0.4, 0.5) is 0 Å². The van der Waals surface area contributed by atoms with Crippen molar-refractivity contribution in [3.63, 3.8) is 0 Å². The summed E-state index contributed by atoms with van der Waals surface area (Å²) in [5.74, 6) is -2.47. The second kappa shape index (κ2) is 6.92. The van der Waals surface area contributed by atoms with E-state index < -0.39 is 61.7 Å². The summed E-state index contributed by atoms with van der Waals surface area (Å²) < 4.78 is 9.54. The molecule has 10 nitrogen and oxygen atoms in total. The monoisotopic (exact) mass is 295 g/mol. The van der Waals surface area contributed by atoms with Crippen molar-refractivity contribution in [1.29, 1.82) is 0 Å². The third-order valence-corrected chi connectivity index (χ3v) is 2.78. The maximum Gasteiger partial charge on any atom is 0.325 e. The lowest BCUT2D eigenvalue weighted by atomic mass is 9.99. The molecule has 0 radical (unpaired) electrons. The van der Waals surface area contributed by atoms with E-state index in [4.69, 9.17) is 20.7 Å². The van der Waals surface area contributed by atoms with Crippen LogP contribution in [-0.2, 0) is 19.1 Å². The van der Waals surface area contributed by atoms with Gasteiger partial charge in [-0.1, -0.05) is 0 Å². The van der Waals surface area contributed by atoms with E-state index >= 15 is 0 Å². The van der Waals surface area contributed by atoms with Crippen LogP contribution in [0.5, 0.6) is 0 Å². The van der Waals surface area contributed by atoms with Crippen molar-refractivity contribution in [2.75, 3.05) is 6.61 Å². The van der Waals surface area contributed by atoms with Crippen molar-refractivity contribution in [3.8, 4) is 0 Å². The zero-order chi connectivity index (χ0) is 15.4. The van der Waals surface area contributed by atoms with Gasteiger partial charge in [0.05, 0.1) is 13.0 Å². The van der Waals surface area contributed by atoms with Crippen molar-refractivity contribution in [1.82, 2.24) is 0 Å². The first-order valence-corrected chi connectivity index (χ1v) is 5.76. The van der Waals surface area contributed by atoms with E-state index in [9.17, 15) is 24.9 Å². The average molecular weight is 295 g/mol. The number of aliphatic hydroxyl groups is 4. The van der Waals surface area contributed by atoms with Gasteiger partial charge in [0, 0.05) is 0 Å². The number of carboxylic acid groups (broad SMARTS) is 1. The standard InChI is InChI=1S/C10H17NO9/c11-3(1-5(13)14)9(18)20-10-8(17)7(16)6(15)4(2-12)19-10/h3-4,6-8,10,12,15-17H,1-2,11H2,(H,13,14)/t3-,4+,6+,7-,8-,10?/m0/s1. The van der Waals surface area contributed by atoms with Crippen LogP contribution in [0.2, 0.25) is 0 Å². The molecular weight excluding hydrogens is 278 g/mol. The normalized spacial score (nSPS) is 35.4. The highest BCUT2D eigenvalue weighted by molar-refractivity contribution is 5.81. The summed E-state index contributed by atoms with van der Waals surface area (Å²) in [5, 5.41) is 45.9. The number of ether oxygens (including phenoxy) is 2. The molecule has 0 aliphatic carbocycles. The number of aliphatic carboxylic acids is 1. The van der Waals surface area contributed by atoms with Gasteiger partial charge in [0.15, 0.2) is 0 Å². The number of carboxylic acids is 1. The van der Waals surface area contributed by atoms with E-state index in [0.717, 1.165) is 0 Å². The molecule has 0 aromatic heterocycles. The van der Waals surface area contributed by atoms with Crippen LogP contribution in [0.3, 0.4) is 0 Å². The van der Waals surface area contributed by atoms with Gasteiger partial charge < -0.3 is 40.7 Å². The summed E-state index contributed by atoms with van der Waals surface area (Å²) in [4.78, 5) is 21.9. The molecule has 6 atom stereocenters. The number of hydrogen-bond donors (Lipinski definition) is 6. The minimum Gasteiger partial charge on any atom is -0.481 e. The summed E-state index contributed by atoms with van der Waals surface area (Å²) in [6.45, 7) is -0.680. The maximum absolute atomic E-state index is 11.5. The van der Waals surface area contributed by atoms with E-state index in [1.165, 1.54) is 0 Å². The van der Waals surface area contributed by atoms with E-state index in [-0.39, 0.29) is 0 Å². The first-order valence-electron chi connectivity index (χ1n) is 5.76. The lowest BCUT2D eigenvalue weighted by molar-refractivity contribution is -0.293. The number of esters is 1. The number of carbonyl (C=O) groups excluding carboxylic acids is 1. The van der Waals surface area contributed by atoms with Crippen LogP contribution in [0, 0.1) is 0 Å². The Morgan fingerprint density at radius 1 is 1.20 bits per heavy atom. The number of carbonyl (C=O) groups is 2. The highest BCUT2D eigenvalue weighted by atomic mass is 16.7. The molecule has 1 unspecified atom stereocenters. The Balaban J connectivity index is 2.66. The van der Waals surface area contributed by atoms with Crippen molar-refractivity contribution in [2.24, 2.45) is 5.73 Å². The molecule has 0 aromatic carbocycles. The fraction of sp³-hybridized carbons (Fsp3) is 0.800. The van der Waals surface area contributed by atoms with Crippen molar-refractivity contribution < 1.29 is 44.6 Å². The van der Waals surface area contributed by atoms with Gasteiger partial charge in [-0.3, -0.25) is 9.59 Å². The lowest BCUT2D eigenvalue weighted by Crippen LogP contribution is -2.60. The summed E-state index contributed by atoms with van der Waals surface area (Å²) >= 11 is 0. The molecule has 1 saturated heterocycles. The van der Waals surface area contributed by atoms with E-state index in [1.807, 2.05) is 0 Å². The minimum atomic E-state index is -1.76. The molecule has 0 spiro atoms. The quantitative estimate of drug-likeness (QED) is 0.275. The van der Waals surface area contributed by atoms with Gasteiger partial charge in [-0.25, -0.2) is 0 Å². The molecule has 116 valence electrons. The Bertz CT molecular complexity index is 361. The Morgan fingerprint density at radius 2 is 1.80 bits per heavy atom. The molecule has 10 heteroatoms.